The Labute approximate surface area is 111 Å². The molecule has 0 bridgehead atoms. The van der Waals surface area contributed by atoms with Crippen LogP contribution in [-0.2, 0) is 13.0 Å². The number of Topliss-reactive ketones (excluding diaryl/α,β-unsaturated/α-hetero) is 1. The average molecular weight is 264 g/mol. The summed E-state index contributed by atoms with van der Waals surface area (Å²) in [6.07, 6.45) is 0.233. The third kappa shape index (κ3) is 2.81. The van der Waals surface area contributed by atoms with Crippen LogP contribution in [0.4, 0.5) is 0 Å². The number of hydrogen-bond acceptors (Lipinski definition) is 3. The lowest BCUT2D eigenvalue weighted by Crippen LogP contribution is -2.03. The minimum Gasteiger partial charge on any atom is -0.457 e. The van der Waals surface area contributed by atoms with E-state index in [2.05, 4.69) is 0 Å². The molecule has 0 fully saturated rings. The first kappa shape index (κ1) is 12.9. The second-order valence-electron chi connectivity index (χ2n) is 4.16. The van der Waals surface area contributed by atoms with Gasteiger partial charge in [0.2, 0.25) is 5.78 Å². The van der Waals surface area contributed by atoms with Gasteiger partial charge in [-0.2, -0.15) is 0 Å². The van der Waals surface area contributed by atoms with Crippen molar-refractivity contribution in [2.75, 3.05) is 0 Å². The van der Waals surface area contributed by atoms with Gasteiger partial charge in [-0.05, 0) is 36.2 Å². The van der Waals surface area contributed by atoms with Crippen LogP contribution < -0.4 is 5.73 Å². The lowest BCUT2D eigenvalue weighted by atomic mass is 10.1. The number of benzene rings is 1. The first-order chi connectivity index (χ1) is 8.60. The quantitative estimate of drug-likeness (QED) is 0.863. The molecule has 94 valence electrons. The van der Waals surface area contributed by atoms with Gasteiger partial charge < -0.3 is 10.2 Å². The predicted octanol–water partition coefficient (Wildman–Crippen LogP) is 3.13. The molecule has 0 atom stereocenters. The fourth-order valence-electron chi connectivity index (χ4n) is 1.69. The summed E-state index contributed by atoms with van der Waals surface area (Å²) < 4.78 is 5.31. The van der Waals surface area contributed by atoms with Crippen molar-refractivity contribution in [3.8, 4) is 0 Å². The summed E-state index contributed by atoms with van der Waals surface area (Å²) in [6.45, 7) is 2.25. The van der Waals surface area contributed by atoms with E-state index in [4.69, 9.17) is 21.8 Å². The fraction of sp³-hybridized carbons (Fsp3) is 0.214. The number of carbonyl (C=O) groups excluding carboxylic acids is 1. The Balaban J connectivity index is 2.16. The zero-order chi connectivity index (χ0) is 13.1. The van der Waals surface area contributed by atoms with E-state index >= 15 is 0 Å². The van der Waals surface area contributed by atoms with Crippen molar-refractivity contribution >= 4 is 17.4 Å². The summed E-state index contributed by atoms with van der Waals surface area (Å²) >= 11 is 6.09. The van der Waals surface area contributed by atoms with Crippen molar-refractivity contribution < 1.29 is 9.21 Å². The number of halogens is 1. The minimum absolute atomic E-state index is 0.0968. The Kier molecular flexibility index (Phi) is 3.84. The van der Waals surface area contributed by atoms with Gasteiger partial charge in [-0.15, -0.1) is 0 Å². The number of ketones is 1. The third-order valence-corrected chi connectivity index (χ3v) is 3.05. The monoisotopic (exact) mass is 263 g/mol. The summed E-state index contributed by atoms with van der Waals surface area (Å²) in [6, 6.07) is 9.00. The Hall–Kier alpha value is -1.58. The van der Waals surface area contributed by atoms with Gasteiger partial charge >= 0.3 is 0 Å². The van der Waals surface area contributed by atoms with E-state index in [1.165, 1.54) is 0 Å². The summed E-state index contributed by atoms with van der Waals surface area (Å²) in [5.74, 6) is 0.834. The van der Waals surface area contributed by atoms with E-state index in [0.29, 0.717) is 23.1 Å². The van der Waals surface area contributed by atoms with Crippen LogP contribution in [0.3, 0.4) is 0 Å². The number of rotatable bonds is 4. The molecule has 18 heavy (non-hydrogen) atoms. The lowest BCUT2D eigenvalue weighted by molar-refractivity contribution is 0.0964. The van der Waals surface area contributed by atoms with E-state index in [9.17, 15) is 4.79 Å². The maximum Gasteiger partial charge on any atom is 0.202 e. The molecule has 0 radical (unpaired) electrons. The molecule has 2 aromatic rings. The highest BCUT2D eigenvalue weighted by Crippen LogP contribution is 2.20. The van der Waals surface area contributed by atoms with Crippen LogP contribution in [0.1, 0.15) is 27.4 Å². The predicted molar refractivity (Wildman–Crippen MR) is 70.8 cm³/mol. The van der Waals surface area contributed by atoms with E-state index in [1.54, 1.807) is 12.1 Å². The van der Waals surface area contributed by atoms with Crippen LogP contribution in [-0.4, -0.2) is 5.78 Å². The van der Waals surface area contributed by atoms with Gasteiger partial charge in [0.25, 0.3) is 0 Å². The average Bonchev–Trinajstić information content (AvgIpc) is 2.81. The molecule has 0 saturated heterocycles. The number of nitrogens with two attached hydrogens (primary N) is 1. The molecule has 1 aromatic carbocycles. The van der Waals surface area contributed by atoms with E-state index in [1.807, 2.05) is 25.1 Å². The van der Waals surface area contributed by atoms with Gasteiger partial charge in [-0.25, -0.2) is 0 Å². The Morgan fingerprint density at radius 3 is 2.72 bits per heavy atom. The largest absolute Gasteiger partial charge is 0.457 e. The Morgan fingerprint density at radius 1 is 1.33 bits per heavy atom. The minimum atomic E-state index is -0.0968. The number of furan rings is 1. The number of aryl methyl sites for hydroxylation is 1. The molecule has 0 saturated carbocycles. The van der Waals surface area contributed by atoms with Crippen molar-refractivity contribution in [1.29, 1.82) is 0 Å². The molecule has 2 rings (SSSR count). The van der Waals surface area contributed by atoms with Gasteiger partial charge in [0.05, 0.1) is 6.54 Å². The summed E-state index contributed by atoms with van der Waals surface area (Å²) in [7, 11) is 0. The molecular weight excluding hydrogens is 250 g/mol. The highest BCUT2D eigenvalue weighted by molar-refractivity contribution is 6.31. The van der Waals surface area contributed by atoms with Crippen molar-refractivity contribution in [3.63, 3.8) is 0 Å². The van der Waals surface area contributed by atoms with Gasteiger partial charge in [-0.3, -0.25) is 4.79 Å². The molecule has 2 N–H and O–H groups in total. The summed E-state index contributed by atoms with van der Waals surface area (Å²) in [4.78, 5) is 12.0. The second kappa shape index (κ2) is 5.38. The molecule has 0 aliphatic rings. The van der Waals surface area contributed by atoms with Crippen LogP contribution in [0, 0.1) is 6.92 Å². The highest BCUT2D eigenvalue weighted by Gasteiger charge is 2.13. The van der Waals surface area contributed by atoms with Gasteiger partial charge in [0.1, 0.15) is 5.76 Å². The first-order valence-corrected chi connectivity index (χ1v) is 6.05. The van der Waals surface area contributed by atoms with Crippen LogP contribution in [0.2, 0.25) is 5.02 Å². The fourth-order valence-corrected chi connectivity index (χ4v) is 2.00. The van der Waals surface area contributed by atoms with Gasteiger partial charge in [0, 0.05) is 11.4 Å². The van der Waals surface area contributed by atoms with Crippen molar-refractivity contribution in [2.45, 2.75) is 19.9 Å². The zero-order valence-corrected chi connectivity index (χ0v) is 10.8. The maximum absolute atomic E-state index is 12.0. The molecular formula is C14H14ClNO2. The highest BCUT2D eigenvalue weighted by atomic mass is 35.5. The van der Waals surface area contributed by atoms with Crippen LogP contribution in [0.5, 0.6) is 0 Å². The summed E-state index contributed by atoms with van der Waals surface area (Å²) in [5.41, 5.74) is 7.30. The molecule has 1 heterocycles. The Bertz CT molecular complexity index is 575. The van der Waals surface area contributed by atoms with Crippen molar-refractivity contribution in [3.05, 3.63) is 58.0 Å². The summed E-state index contributed by atoms with van der Waals surface area (Å²) in [5, 5.41) is 0.606. The smallest absolute Gasteiger partial charge is 0.202 e. The number of hydrogen-bond donors (Lipinski definition) is 1. The van der Waals surface area contributed by atoms with E-state index in [-0.39, 0.29) is 12.2 Å². The van der Waals surface area contributed by atoms with Crippen molar-refractivity contribution in [2.24, 2.45) is 5.73 Å². The van der Waals surface area contributed by atoms with E-state index in [0.717, 1.165) is 11.1 Å². The third-order valence-electron chi connectivity index (χ3n) is 2.70. The molecule has 0 aliphatic heterocycles. The molecule has 4 heteroatoms. The Morgan fingerprint density at radius 2 is 2.11 bits per heavy atom. The lowest BCUT2D eigenvalue weighted by Gasteiger charge is -2.03. The molecule has 0 unspecified atom stereocenters. The van der Waals surface area contributed by atoms with Gasteiger partial charge in [0.15, 0.2) is 5.76 Å². The first-order valence-electron chi connectivity index (χ1n) is 5.67. The molecule has 0 spiro atoms. The van der Waals surface area contributed by atoms with Crippen LogP contribution in [0.15, 0.2) is 34.7 Å². The molecule has 0 amide bonds. The van der Waals surface area contributed by atoms with Gasteiger partial charge in [-0.1, -0.05) is 23.7 Å². The zero-order valence-electron chi connectivity index (χ0n) is 10.1. The number of carbonyl (C=O) groups is 1. The molecule has 0 aliphatic carbocycles. The van der Waals surface area contributed by atoms with E-state index < -0.39 is 0 Å². The maximum atomic E-state index is 12.0. The molecule has 3 nitrogen and oxygen atoms in total. The molecule has 1 aromatic heterocycles. The normalized spacial score (nSPS) is 10.6. The standard InChI is InChI=1S/C14H14ClNO2/c1-9-2-3-10(12(15)6-9)7-13(17)14-5-4-11(8-16)18-14/h2-6H,7-8,16H2,1H3. The van der Waals surface area contributed by atoms with Crippen LogP contribution in [0.25, 0.3) is 0 Å². The second-order valence-corrected chi connectivity index (χ2v) is 4.57. The van der Waals surface area contributed by atoms with Crippen LogP contribution >= 0.6 is 11.6 Å². The topological polar surface area (TPSA) is 56.2 Å². The SMILES string of the molecule is Cc1ccc(CC(=O)c2ccc(CN)o2)c(Cl)c1. The van der Waals surface area contributed by atoms with Crippen molar-refractivity contribution in [1.82, 2.24) is 0 Å².